The second-order valence-electron chi connectivity index (χ2n) is 8.64. The van der Waals surface area contributed by atoms with Crippen molar-refractivity contribution in [3.05, 3.63) is 64.1 Å². The minimum absolute atomic E-state index is 0.169. The lowest BCUT2D eigenvalue weighted by atomic mass is 10.0. The van der Waals surface area contributed by atoms with Crippen LogP contribution in [0.1, 0.15) is 30.5 Å². The third-order valence-electron chi connectivity index (χ3n) is 6.51. The van der Waals surface area contributed by atoms with Crippen LogP contribution in [-0.4, -0.2) is 48.0 Å². The Bertz CT molecular complexity index is 1410. The van der Waals surface area contributed by atoms with Gasteiger partial charge in [0.25, 0.3) is 5.56 Å². The van der Waals surface area contributed by atoms with Gasteiger partial charge in [-0.25, -0.2) is 13.1 Å². The second-order valence-corrected chi connectivity index (χ2v) is 10.6. The highest BCUT2D eigenvalue weighted by molar-refractivity contribution is 7.89. The molecule has 9 heteroatoms. The fraction of sp³-hybridized carbons (Fsp3) is 0.375. The molecule has 1 amide bonds. The summed E-state index contributed by atoms with van der Waals surface area (Å²) in [6.07, 6.45) is 3.20. The molecule has 2 aromatic carbocycles. The molecule has 5 rings (SSSR count). The number of hydrogen-bond acceptors (Lipinski definition) is 5. The van der Waals surface area contributed by atoms with Crippen LogP contribution in [0.5, 0.6) is 0 Å². The third-order valence-corrected chi connectivity index (χ3v) is 8.41. The molecule has 3 aromatic rings. The number of carbonyl (C=O) groups excluding carboxylic acids is 1. The zero-order valence-electron chi connectivity index (χ0n) is 18.5. The van der Waals surface area contributed by atoms with Crippen LogP contribution in [0.3, 0.4) is 0 Å². The van der Waals surface area contributed by atoms with E-state index in [4.69, 9.17) is 0 Å². The van der Waals surface area contributed by atoms with Crippen molar-refractivity contribution in [3.63, 3.8) is 0 Å². The van der Waals surface area contributed by atoms with Gasteiger partial charge in [0, 0.05) is 30.7 Å². The van der Waals surface area contributed by atoms with Gasteiger partial charge in [-0.15, -0.1) is 0 Å². The van der Waals surface area contributed by atoms with Gasteiger partial charge in [0.1, 0.15) is 6.54 Å². The van der Waals surface area contributed by atoms with Crippen molar-refractivity contribution in [2.45, 2.75) is 44.0 Å². The van der Waals surface area contributed by atoms with E-state index >= 15 is 0 Å². The fourth-order valence-corrected chi connectivity index (χ4v) is 6.36. The first-order chi connectivity index (χ1) is 15.9. The smallest absolute Gasteiger partial charge is 0.275 e. The number of hydrogen-bond donors (Lipinski definition) is 0. The summed E-state index contributed by atoms with van der Waals surface area (Å²) in [6, 6.07) is 12.2. The normalized spacial score (nSPS) is 16.8. The first-order valence-corrected chi connectivity index (χ1v) is 12.7. The van der Waals surface area contributed by atoms with Gasteiger partial charge >= 0.3 is 0 Å². The Hall–Kier alpha value is -3.04. The predicted molar refractivity (Wildman–Crippen MR) is 126 cm³/mol. The van der Waals surface area contributed by atoms with Gasteiger partial charge in [-0.1, -0.05) is 18.2 Å². The number of aryl methyl sites for hydroxylation is 2. The molecule has 8 nitrogen and oxygen atoms in total. The number of carbonyl (C=O) groups is 1. The predicted octanol–water partition coefficient (Wildman–Crippen LogP) is 2.47. The van der Waals surface area contributed by atoms with Gasteiger partial charge in [-0.2, -0.15) is 9.40 Å². The Morgan fingerprint density at radius 1 is 1.00 bits per heavy atom. The summed E-state index contributed by atoms with van der Waals surface area (Å²) in [6.45, 7) is 3.28. The van der Waals surface area contributed by atoms with E-state index in [2.05, 4.69) is 5.10 Å². The minimum Gasteiger partial charge on any atom is -0.311 e. The number of anilines is 1. The molecule has 3 heterocycles. The first-order valence-electron chi connectivity index (χ1n) is 11.3. The van der Waals surface area contributed by atoms with Gasteiger partial charge in [-0.05, 0) is 62.4 Å². The highest BCUT2D eigenvalue weighted by atomic mass is 32.2. The van der Waals surface area contributed by atoms with Crippen molar-refractivity contribution in [2.24, 2.45) is 0 Å². The molecular formula is C24H26N4O4S. The number of benzene rings is 2. The van der Waals surface area contributed by atoms with Crippen LogP contribution >= 0.6 is 0 Å². The Morgan fingerprint density at radius 3 is 2.48 bits per heavy atom. The molecule has 172 valence electrons. The summed E-state index contributed by atoms with van der Waals surface area (Å²) in [5.74, 6) is -0.240. The zero-order valence-corrected chi connectivity index (χ0v) is 19.3. The summed E-state index contributed by atoms with van der Waals surface area (Å²) in [4.78, 5) is 28.0. The van der Waals surface area contributed by atoms with Crippen molar-refractivity contribution < 1.29 is 13.2 Å². The molecule has 0 radical (unpaired) electrons. The highest BCUT2D eigenvalue weighted by Crippen LogP contribution is 2.31. The standard InChI is InChI=1S/C24H26N4O4S/c1-17-20-8-2-3-9-21(20)24(30)28(25-17)16-23(29)27-14-6-7-18-15-19(10-11-22(18)27)33(31,32)26-12-4-5-13-26/h2-3,8-11,15H,4-7,12-14,16H2,1H3. The maximum atomic E-state index is 13.2. The van der Waals surface area contributed by atoms with E-state index in [0.717, 1.165) is 30.2 Å². The zero-order chi connectivity index (χ0) is 23.2. The molecular weight excluding hydrogens is 440 g/mol. The van der Waals surface area contributed by atoms with Gasteiger partial charge in [0.2, 0.25) is 15.9 Å². The van der Waals surface area contributed by atoms with E-state index in [-0.39, 0.29) is 22.9 Å². The molecule has 1 aromatic heterocycles. The SMILES string of the molecule is Cc1nn(CC(=O)N2CCCc3cc(S(=O)(=O)N4CCCC4)ccc32)c(=O)c2ccccc12. The highest BCUT2D eigenvalue weighted by Gasteiger charge is 2.30. The molecule has 0 spiro atoms. The van der Waals surface area contributed by atoms with Crippen LogP contribution < -0.4 is 10.5 Å². The topological polar surface area (TPSA) is 92.6 Å². The van der Waals surface area contributed by atoms with E-state index in [0.29, 0.717) is 42.8 Å². The summed E-state index contributed by atoms with van der Waals surface area (Å²) in [5.41, 5.74) is 1.93. The number of amides is 1. The molecule has 0 unspecified atom stereocenters. The average Bonchev–Trinajstić information content (AvgIpc) is 3.37. The van der Waals surface area contributed by atoms with E-state index < -0.39 is 10.0 Å². The van der Waals surface area contributed by atoms with Crippen LogP contribution in [0.4, 0.5) is 5.69 Å². The molecule has 0 bridgehead atoms. The fourth-order valence-electron chi connectivity index (χ4n) is 4.80. The van der Waals surface area contributed by atoms with Crippen molar-refractivity contribution in [1.82, 2.24) is 14.1 Å². The number of nitrogens with zero attached hydrogens (tertiary/aromatic N) is 4. The Kier molecular flexibility index (Phi) is 5.54. The first kappa shape index (κ1) is 21.8. The van der Waals surface area contributed by atoms with Crippen molar-refractivity contribution in [3.8, 4) is 0 Å². The average molecular weight is 467 g/mol. The van der Waals surface area contributed by atoms with Gasteiger partial charge in [0.15, 0.2) is 0 Å². The van der Waals surface area contributed by atoms with Crippen LogP contribution in [0.15, 0.2) is 52.2 Å². The molecule has 2 aliphatic rings. The van der Waals surface area contributed by atoms with Gasteiger partial charge < -0.3 is 4.90 Å². The van der Waals surface area contributed by atoms with E-state index in [1.54, 1.807) is 35.2 Å². The molecule has 2 aliphatic heterocycles. The summed E-state index contributed by atoms with van der Waals surface area (Å²) in [5, 5.41) is 5.67. The van der Waals surface area contributed by atoms with E-state index in [1.165, 1.54) is 8.99 Å². The van der Waals surface area contributed by atoms with Crippen LogP contribution in [0, 0.1) is 6.92 Å². The van der Waals surface area contributed by atoms with Crippen LogP contribution in [0.2, 0.25) is 0 Å². The molecule has 0 N–H and O–H groups in total. The van der Waals surface area contributed by atoms with Gasteiger partial charge in [-0.3, -0.25) is 9.59 Å². The second kappa shape index (κ2) is 8.39. The molecule has 1 fully saturated rings. The van der Waals surface area contributed by atoms with Crippen LogP contribution in [-0.2, 0) is 27.8 Å². The van der Waals surface area contributed by atoms with Crippen molar-refractivity contribution in [2.75, 3.05) is 24.5 Å². The third kappa shape index (κ3) is 3.85. The summed E-state index contributed by atoms with van der Waals surface area (Å²) < 4.78 is 28.7. The Balaban J connectivity index is 1.44. The van der Waals surface area contributed by atoms with Crippen molar-refractivity contribution in [1.29, 1.82) is 0 Å². The molecule has 0 saturated carbocycles. The van der Waals surface area contributed by atoms with E-state index in [9.17, 15) is 18.0 Å². The molecule has 0 atom stereocenters. The van der Waals surface area contributed by atoms with Gasteiger partial charge in [0.05, 0.1) is 16.0 Å². The Morgan fingerprint density at radius 2 is 1.73 bits per heavy atom. The maximum Gasteiger partial charge on any atom is 0.275 e. The minimum atomic E-state index is -3.52. The lowest BCUT2D eigenvalue weighted by Gasteiger charge is -2.30. The Labute approximate surface area is 192 Å². The molecule has 33 heavy (non-hydrogen) atoms. The lowest BCUT2D eigenvalue weighted by Crippen LogP contribution is -2.40. The maximum absolute atomic E-state index is 13.2. The van der Waals surface area contributed by atoms with E-state index in [1.807, 2.05) is 19.1 Å². The molecule has 1 saturated heterocycles. The number of aromatic nitrogens is 2. The van der Waals surface area contributed by atoms with Crippen molar-refractivity contribution >= 4 is 32.4 Å². The monoisotopic (exact) mass is 466 g/mol. The lowest BCUT2D eigenvalue weighted by molar-refractivity contribution is -0.119. The molecule has 0 aliphatic carbocycles. The number of sulfonamides is 1. The largest absolute Gasteiger partial charge is 0.311 e. The summed E-state index contributed by atoms with van der Waals surface area (Å²) in [7, 11) is -3.52. The van der Waals surface area contributed by atoms with Crippen LogP contribution in [0.25, 0.3) is 10.8 Å². The number of rotatable bonds is 4. The number of fused-ring (bicyclic) bond motifs is 2. The summed E-state index contributed by atoms with van der Waals surface area (Å²) >= 11 is 0. The quantitative estimate of drug-likeness (QED) is 0.589.